The molecule has 190 valence electrons. The molecule has 1 aliphatic rings. The quantitative estimate of drug-likeness (QED) is 0.532. The Morgan fingerprint density at radius 1 is 1.11 bits per heavy atom. The molecule has 0 atom stereocenters. The predicted octanol–water partition coefficient (Wildman–Crippen LogP) is 3.73. The van der Waals surface area contributed by atoms with Crippen LogP contribution in [0.1, 0.15) is 30.8 Å². The Labute approximate surface area is 210 Å². The second kappa shape index (κ2) is 9.47. The summed E-state index contributed by atoms with van der Waals surface area (Å²) in [7, 11) is 0. The van der Waals surface area contributed by atoms with Crippen LogP contribution in [-0.2, 0) is 6.61 Å². The number of rotatable bonds is 6. The van der Waals surface area contributed by atoms with Crippen molar-refractivity contribution >= 4 is 23.4 Å². The van der Waals surface area contributed by atoms with Crippen molar-refractivity contribution in [1.82, 2.24) is 19.4 Å². The molecular formula is C24H24ClF2N5O4. The molecule has 3 aromatic rings. The van der Waals surface area contributed by atoms with E-state index in [1.54, 1.807) is 19.9 Å². The highest BCUT2D eigenvalue weighted by Gasteiger charge is 2.38. The fourth-order valence-corrected chi connectivity index (χ4v) is 4.12. The normalized spacial score (nSPS) is 14.1. The molecule has 3 aromatic heterocycles. The number of hydrogen-bond donors (Lipinski definition) is 1. The van der Waals surface area contributed by atoms with E-state index < -0.39 is 28.9 Å². The number of nitrogens with zero attached hydrogens (tertiary/aromatic N) is 5. The Bertz CT molecular complexity index is 1410. The van der Waals surface area contributed by atoms with Crippen molar-refractivity contribution in [2.24, 2.45) is 0 Å². The van der Waals surface area contributed by atoms with Gasteiger partial charge in [-0.3, -0.25) is 24.1 Å². The van der Waals surface area contributed by atoms with Crippen LogP contribution in [-0.4, -0.2) is 49.4 Å². The molecule has 0 unspecified atom stereocenters. The van der Waals surface area contributed by atoms with Gasteiger partial charge in [0.05, 0.1) is 11.9 Å². The average Bonchev–Trinajstić information content (AvgIpc) is 3.19. The summed E-state index contributed by atoms with van der Waals surface area (Å²) in [5.74, 6) is -1.37. The summed E-state index contributed by atoms with van der Waals surface area (Å²) in [4.78, 5) is 36.8. The number of urea groups is 1. The average molecular weight is 520 g/mol. The van der Waals surface area contributed by atoms with E-state index in [0.29, 0.717) is 41.9 Å². The van der Waals surface area contributed by atoms with E-state index in [9.17, 15) is 23.5 Å². The van der Waals surface area contributed by atoms with Gasteiger partial charge in [-0.2, -0.15) is 0 Å². The predicted molar refractivity (Wildman–Crippen MR) is 129 cm³/mol. The van der Waals surface area contributed by atoms with Gasteiger partial charge >= 0.3 is 6.03 Å². The minimum atomic E-state index is -1.33. The van der Waals surface area contributed by atoms with E-state index in [0.717, 1.165) is 6.20 Å². The molecule has 4 rings (SSSR count). The Morgan fingerprint density at radius 3 is 2.47 bits per heavy atom. The first-order chi connectivity index (χ1) is 16.9. The van der Waals surface area contributed by atoms with Gasteiger partial charge in [-0.15, -0.1) is 0 Å². The molecule has 9 nitrogen and oxygen atoms in total. The van der Waals surface area contributed by atoms with Gasteiger partial charge < -0.3 is 9.84 Å². The van der Waals surface area contributed by atoms with Crippen LogP contribution in [0.2, 0.25) is 5.02 Å². The Kier molecular flexibility index (Phi) is 6.72. The number of pyridine rings is 3. The van der Waals surface area contributed by atoms with E-state index in [1.807, 2.05) is 0 Å². The van der Waals surface area contributed by atoms with Crippen molar-refractivity contribution in [3.05, 3.63) is 74.6 Å². The number of carbonyl (C=O) groups excluding carboxylic acids is 1. The molecule has 0 radical (unpaired) electrons. The lowest BCUT2D eigenvalue weighted by Gasteiger charge is -2.29. The SMILES string of the molecule is Cc1cnc(N2CCN(C(C)(C)O)C2=O)cc1-n1c(C)cc(OCc2ncc(F)cc2F)c(Cl)c1=O. The molecule has 1 N–H and O–H groups in total. The fraction of sp³-hybridized carbons (Fsp3) is 0.333. The number of carbonyl (C=O) groups is 1. The van der Waals surface area contributed by atoms with Gasteiger partial charge in [-0.1, -0.05) is 11.6 Å². The van der Waals surface area contributed by atoms with E-state index >= 15 is 0 Å². The van der Waals surface area contributed by atoms with Crippen molar-refractivity contribution in [1.29, 1.82) is 0 Å². The van der Waals surface area contributed by atoms with Crippen LogP contribution in [0.5, 0.6) is 5.75 Å². The first-order valence-corrected chi connectivity index (χ1v) is 11.4. The molecule has 4 heterocycles. The van der Waals surface area contributed by atoms with Crippen LogP contribution in [0.15, 0.2) is 35.4 Å². The van der Waals surface area contributed by atoms with Gasteiger partial charge in [-0.05, 0) is 33.3 Å². The first kappa shape index (κ1) is 25.5. The highest BCUT2D eigenvalue weighted by molar-refractivity contribution is 6.31. The third-order valence-electron chi connectivity index (χ3n) is 5.80. The van der Waals surface area contributed by atoms with Gasteiger partial charge in [-0.25, -0.2) is 18.6 Å². The van der Waals surface area contributed by atoms with Crippen molar-refractivity contribution < 1.29 is 23.4 Å². The number of aryl methyl sites for hydroxylation is 2. The van der Waals surface area contributed by atoms with Gasteiger partial charge in [0.15, 0.2) is 5.82 Å². The van der Waals surface area contributed by atoms with Gasteiger partial charge in [0.1, 0.15) is 40.4 Å². The standard InChI is InChI=1S/C24H24ClF2N5O4/c1-13-10-29-20(30-5-6-31(23(30)34)24(3,4)35)9-18(13)32-14(2)7-19(21(25)22(32)33)36-12-17-16(27)8-15(26)11-28-17/h7-11,35H,5-6,12H2,1-4H3. The summed E-state index contributed by atoms with van der Waals surface area (Å²) in [5.41, 5.74) is -0.501. The van der Waals surface area contributed by atoms with E-state index in [-0.39, 0.29) is 23.1 Å². The second-order valence-electron chi connectivity index (χ2n) is 8.88. The van der Waals surface area contributed by atoms with Crippen LogP contribution < -0.4 is 15.2 Å². The highest BCUT2D eigenvalue weighted by atomic mass is 35.5. The second-order valence-corrected chi connectivity index (χ2v) is 9.26. The van der Waals surface area contributed by atoms with Crippen molar-refractivity contribution in [2.45, 2.75) is 40.0 Å². The van der Waals surface area contributed by atoms with Crippen LogP contribution >= 0.6 is 11.6 Å². The lowest BCUT2D eigenvalue weighted by atomic mass is 10.2. The highest BCUT2D eigenvalue weighted by Crippen LogP contribution is 2.29. The van der Waals surface area contributed by atoms with Crippen LogP contribution in [0.25, 0.3) is 5.69 Å². The Morgan fingerprint density at radius 2 is 1.83 bits per heavy atom. The number of amides is 2. The van der Waals surface area contributed by atoms with E-state index in [2.05, 4.69) is 9.97 Å². The molecule has 0 spiro atoms. The van der Waals surface area contributed by atoms with Gasteiger partial charge in [0, 0.05) is 43.2 Å². The van der Waals surface area contributed by atoms with Gasteiger partial charge in [0.25, 0.3) is 5.56 Å². The monoisotopic (exact) mass is 519 g/mol. The summed E-state index contributed by atoms with van der Waals surface area (Å²) in [5, 5.41) is 10.0. The third kappa shape index (κ3) is 4.76. The first-order valence-electron chi connectivity index (χ1n) is 11.0. The minimum Gasteiger partial charge on any atom is -0.485 e. The lowest BCUT2D eigenvalue weighted by molar-refractivity contribution is -0.0393. The molecule has 1 fully saturated rings. The summed E-state index contributed by atoms with van der Waals surface area (Å²) in [6.45, 7) is 6.74. The maximum absolute atomic E-state index is 13.9. The Balaban J connectivity index is 1.67. The minimum absolute atomic E-state index is 0.0171. The van der Waals surface area contributed by atoms with Crippen LogP contribution in [0.4, 0.5) is 19.4 Å². The lowest BCUT2D eigenvalue weighted by Crippen LogP contribution is -2.46. The molecule has 2 amide bonds. The molecular weight excluding hydrogens is 496 g/mol. The zero-order valence-electron chi connectivity index (χ0n) is 20.0. The van der Waals surface area contributed by atoms with E-state index in [4.69, 9.17) is 16.3 Å². The molecule has 36 heavy (non-hydrogen) atoms. The van der Waals surface area contributed by atoms with Crippen molar-refractivity contribution in [3.8, 4) is 11.4 Å². The number of aromatic nitrogens is 3. The number of aliphatic hydroxyl groups is 1. The third-order valence-corrected chi connectivity index (χ3v) is 6.14. The van der Waals surface area contributed by atoms with Crippen LogP contribution in [0, 0.1) is 25.5 Å². The molecule has 0 aromatic carbocycles. The van der Waals surface area contributed by atoms with Crippen molar-refractivity contribution in [3.63, 3.8) is 0 Å². The zero-order chi connectivity index (χ0) is 26.4. The fourth-order valence-electron chi connectivity index (χ4n) is 3.93. The number of halogens is 3. The Hall–Kier alpha value is -3.57. The molecule has 1 saturated heterocycles. The molecule has 12 heteroatoms. The smallest absolute Gasteiger partial charge is 0.328 e. The summed E-state index contributed by atoms with van der Waals surface area (Å²) in [6, 6.07) is 3.40. The maximum Gasteiger partial charge on any atom is 0.328 e. The summed E-state index contributed by atoms with van der Waals surface area (Å²) in [6.07, 6.45) is 2.40. The van der Waals surface area contributed by atoms with E-state index in [1.165, 1.54) is 40.5 Å². The zero-order valence-corrected chi connectivity index (χ0v) is 20.8. The van der Waals surface area contributed by atoms with Gasteiger partial charge in [0.2, 0.25) is 0 Å². The number of anilines is 1. The van der Waals surface area contributed by atoms with Crippen molar-refractivity contribution in [2.75, 3.05) is 18.0 Å². The molecule has 0 bridgehead atoms. The summed E-state index contributed by atoms with van der Waals surface area (Å²) < 4.78 is 33.9. The molecule has 1 aliphatic heterocycles. The van der Waals surface area contributed by atoms with Crippen LogP contribution in [0.3, 0.4) is 0 Å². The largest absolute Gasteiger partial charge is 0.485 e. The summed E-state index contributed by atoms with van der Waals surface area (Å²) >= 11 is 6.32. The number of ether oxygens (including phenoxy) is 1. The number of hydrogen-bond acceptors (Lipinski definition) is 6. The molecule has 0 aliphatic carbocycles. The topological polar surface area (TPSA) is 101 Å². The maximum atomic E-state index is 13.9. The molecule has 0 saturated carbocycles.